The van der Waals surface area contributed by atoms with E-state index in [2.05, 4.69) is 5.32 Å². The number of nitrogens with zero attached hydrogens (tertiary/aromatic N) is 2. The minimum atomic E-state index is -4.19. The van der Waals surface area contributed by atoms with Gasteiger partial charge in [0.15, 0.2) is 0 Å². The maximum Gasteiger partial charge on any atom is 0.261 e. The Labute approximate surface area is 175 Å². The normalized spacial score (nSPS) is 15.4. The molecule has 158 valence electrons. The van der Waals surface area contributed by atoms with E-state index in [1.807, 2.05) is 0 Å². The number of carbonyl (C=O) groups is 3. The van der Waals surface area contributed by atoms with E-state index in [1.54, 1.807) is 41.3 Å². The Morgan fingerprint density at radius 2 is 1.33 bits per heavy atom. The smallest absolute Gasteiger partial charge is 0.261 e. The molecule has 1 atom stereocenters. The summed E-state index contributed by atoms with van der Waals surface area (Å²) in [6.07, 6.45) is 0. The molecule has 1 saturated heterocycles. The molecule has 8 nitrogen and oxygen atoms in total. The molecule has 1 heterocycles. The number of nitrogens with one attached hydrogen (secondary N) is 1. The monoisotopic (exact) mass is 429 g/mol. The fourth-order valence-corrected chi connectivity index (χ4v) is 4.70. The minimum Gasteiger partial charge on any atom is -0.339 e. The lowest BCUT2D eigenvalue weighted by atomic mass is 10.2. The number of hydrogen-bond donors (Lipinski definition) is 1. The van der Waals surface area contributed by atoms with Crippen molar-refractivity contribution in [3.63, 3.8) is 0 Å². The molecule has 1 N–H and O–H groups in total. The van der Waals surface area contributed by atoms with E-state index in [-0.39, 0.29) is 29.5 Å². The molecule has 9 heteroatoms. The van der Waals surface area contributed by atoms with Gasteiger partial charge in [0.2, 0.25) is 21.1 Å². The van der Waals surface area contributed by atoms with E-state index >= 15 is 0 Å². The van der Waals surface area contributed by atoms with Crippen LogP contribution in [-0.4, -0.2) is 67.5 Å². The van der Waals surface area contributed by atoms with Crippen LogP contribution >= 0.6 is 0 Å². The Kier molecular flexibility index (Phi) is 6.51. The third-order valence-corrected chi connectivity index (χ3v) is 6.81. The summed E-state index contributed by atoms with van der Waals surface area (Å²) in [6, 6.07) is 15.7. The maximum absolute atomic E-state index is 13.2. The van der Waals surface area contributed by atoms with Gasteiger partial charge in [-0.15, -0.1) is 0 Å². The molecule has 2 aromatic rings. The molecule has 0 aliphatic carbocycles. The number of amides is 3. The highest BCUT2D eigenvalue weighted by Gasteiger charge is 2.39. The Balaban J connectivity index is 1.88. The van der Waals surface area contributed by atoms with Crippen molar-refractivity contribution in [2.75, 3.05) is 26.2 Å². The molecular weight excluding hydrogens is 406 g/mol. The van der Waals surface area contributed by atoms with Gasteiger partial charge in [0, 0.05) is 38.7 Å². The van der Waals surface area contributed by atoms with E-state index < -0.39 is 27.0 Å². The van der Waals surface area contributed by atoms with Gasteiger partial charge in [0.1, 0.15) is 0 Å². The molecule has 0 aromatic heterocycles. The average molecular weight is 429 g/mol. The number of sulfone groups is 1. The number of hydrogen-bond acceptors (Lipinski definition) is 5. The Morgan fingerprint density at radius 3 is 1.87 bits per heavy atom. The molecule has 0 bridgehead atoms. The van der Waals surface area contributed by atoms with Crippen molar-refractivity contribution in [1.29, 1.82) is 0 Å². The molecule has 0 unspecified atom stereocenters. The van der Waals surface area contributed by atoms with Crippen LogP contribution in [0.5, 0.6) is 0 Å². The number of carbonyl (C=O) groups excluding carboxylic acids is 3. The van der Waals surface area contributed by atoms with Crippen LogP contribution in [0.1, 0.15) is 17.3 Å². The summed E-state index contributed by atoms with van der Waals surface area (Å²) < 4.78 is 26.5. The molecule has 30 heavy (non-hydrogen) atoms. The minimum absolute atomic E-state index is 0.0564. The highest BCUT2D eigenvalue weighted by molar-refractivity contribution is 7.92. The van der Waals surface area contributed by atoms with Gasteiger partial charge in [-0.05, 0) is 24.3 Å². The predicted octanol–water partition coefficient (Wildman–Crippen LogP) is 0.907. The van der Waals surface area contributed by atoms with Crippen molar-refractivity contribution in [2.45, 2.75) is 17.2 Å². The first-order valence-corrected chi connectivity index (χ1v) is 11.0. The third-order valence-electron chi connectivity index (χ3n) is 4.94. The van der Waals surface area contributed by atoms with Gasteiger partial charge < -0.3 is 15.1 Å². The van der Waals surface area contributed by atoms with Crippen molar-refractivity contribution < 1.29 is 22.8 Å². The predicted molar refractivity (Wildman–Crippen MR) is 110 cm³/mol. The zero-order valence-corrected chi connectivity index (χ0v) is 17.3. The average Bonchev–Trinajstić information content (AvgIpc) is 2.78. The van der Waals surface area contributed by atoms with Crippen LogP contribution in [0.15, 0.2) is 65.6 Å². The zero-order valence-electron chi connectivity index (χ0n) is 16.5. The van der Waals surface area contributed by atoms with Crippen LogP contribution in [0.4, 0.5) is 0 Å². The Morgan fingerprint density at radius 1 is 0.833 bits per heavy atom. The summed E-state index contributed by atoms with van der Waals surface area (Å²) in [4.78, 5) is 40.3. The van der Waals surface area contributed by atoms with Crippen LogP contribution in [0.3, 0.4) is 0 Å². The molecule has 3 amide bonds. The van der Waals surface area contributed by atoms with Gasteiger partial charge in [-0.1, -0.05) is 36.4 Å². The Bertz CT molecular complexity index is 1020. The van der Waals surface area contributed by atoms with Crippen LogP contribution in [0, 0.1) is 0 Å². The first-order valence-electron chi connectivity index (χ1n) is 9.50. The highest BCUT2D eigenvalue weighted by Crippen LogP contribution is 2.18. The number of rotatable bonds is 5. The molecule has 1 fully saturated rings. The third kappa shape index (κ3) is 4.68. The molecule has 3 rings (SSSR count). The summed E-state index contributed by atoms with van der Waals surface area (Å²) in [5.41, 5.74) is 0.250. The molecule has 1 aliphatic rings. The molecular formula is C21H23N3O5S. The number of piperazine rings is 1. The van der Waals surface area contributed by atoms with Crippen molar-refractivity contribution in [2.24, 2.45) is 0 Å². The van der Waals surface area contributed by atoms with Crippen LogP contribution in [0.2, 0.25) is 0 Å². The van der Waals surface area contributed by atoms with Crippen LogP contribution in [0.25, 0.3) is 0 Å². The van der Waals surface area contributed by atoms with Crippen molar-refractivity contribution >= 4 is 27.6 Å². The molecule has 2 aromatic carbocycles. The molecule has 0 radical (unpaired) electrons. The number of benzene rings is 2. The van der Waals surface area contributed by atoms with Gasteiger partial charge in [-0.25, -0.2) is 8.42 Å². The second kappa shape index (κ2) is 9.08. The van der Waals surface area contributed by atoms with E-state index in [0.717, 1.165) is 0 Å². The first-order chi connectivity index (χ1) is 14.3. The Hall–Kier alpha value is -3.20. The summed E-state index contributed by atoms with van der Waals surface area (Å²) >= 11 is 0. The van der Waals surface area contributed by atoms with Crippen LogP contribution in [-0.2, 0) is 19.4 Å². The molecule has 1 aliphatic heterocycles. The maximum atomic E-state index is 13.2. The second-order valence-electron chi connectivity index (χ2n) is 6.91. The molecule has 0 saturated carbocycles. The molecule has 0 spiro atoms. The lowest BCUT2D eigenvalue weighted by molar-refractivity contribution is -0.138. The fourth-order valence-electron chi connectivity index (χ4n) is 3.22. The van der Waals surface area contributed by atoms with Crippen molar-refractivity contribution in [3.05, 3.63) is 66.2 Å². The van der Waals surface area contributed by atoms with Crippen LogP contribution < -0.4 is 5.32 Å². The van der Waals surface area contributed by atoms with E-state index in [1.165, 1.54) is 36.1 Å². The second-order valence-corrected chi connectivity index (χ2v) is 8.94. The van der Waals surface area contributed by atoms with Gasteiger partial charge in [-0.2, -0.15) is 0 Å². The highest BCUT2D eigenvalue weighted by atomic mass is 32.2. The van der Waals surface area contributed by atoms with Gasteiger partial charge >= 0.3 is 0 Å². The van der Waals surface area contributed by atoms with Crippen molar-refractivity contribution in [1.82, 2.24) is 15.1 Å². The standard InChI is InChI=1S/C21H23N3O5S/c1-16(25)23-12-14-24(15-13-23)21(27)20(22-19(26)17-8-4-2-5-9-17)30(28,29)18-10-6-3-7-11-18/h2-11,20H,12-15H2,1H3,(H,22,26)/t20-/m0/s1. The summed E-state index contributed by atoms with van der Waals surface area (Å²) in [6.45, 7) is 2.46. The first kappa shape index (κ1) is 21.5. The van der Waals surface area contributed by atoms with Crippen molar-refractivity contribution in [3.8, 4) is 0 Å². The van der Waals surface area contributed by atoms with E-state index in [0.29, 0.717) is 13.1 Å². The lowest BCUT2D eigenvalue weighted by Crippen LogP contribution is -2.57. The van der Waals surface area contributed by atoms with Gasteiger partial charge in [0.05, 0.1) is 4.90 Å². The summed E-state index contributed by atoms with van der Waals surface area (Å²) in [5, 5.41) is 0.637. The van der Waals surface area contributed by atoms with Gasteiger partial charge in [0.25, 0.3) is 11.8 Å². The van der Waals surface area contributed by atoms with Gasteiger partial charge in [-0.3, -0.25) is 14.4 Å². The topological polar surface area (TPSA) is 104 Å². The summed E-state index contributed by atoms with van der Waals surface area (Å²) in [7, 11) is -4.19. The SMILES string of the molecule is CC(=O)N1CCN(C(=O)[C@@H](NC(=O)c2ccccc2)S(=O)(=O)c2ccccc2)CC1. The summed E-state index contributed by atoms with van der Waals surface area (Å²) in [5.74, 6) is -1.48. The quantitative estimate of drug-likeness (QED) is 0.761. The lowest BCUT2D eigenvalue weighted by Gasteiger charge is -2.36. The van der Waals surface area contributed by atoms with E-state index in [9.17, 15) is 22.8 Å². The zero-order chi connectivity index (χ0) is 21.7. The fraction of sp³-hybridized carbons (Fsp3) is 0.286. The van der Waals surface area contributed by atoms with E-state index in [4.69, 9.17) is 0 Å². The largest absolute Gasteiger partial charge is 0.339 e.